The van der Waals surface area contributed by atoms with Gasteiger partial charge in [0.2, 0.25) is 0 Å². The molecule has 1 N–H and O–H groups in total. The molecule has 1 saturated carbocycles. The maximum atomic E-state index is 13.3. The Balaban J connectivity index is 1.91. The molecule has 1 heterocycles. The van der Waals surface area contributed by atoms with Crippen molar-refractivity contribution in [3.8, 4) is 0 Å². The normalized spacial score (nSPS) is 29.3. The molecule has 0 bridgehead atoms. The monoisotopic (exact) mass is 214 g/mol. The lowest BCUT2D eigenvalue weighted by Crippen LogP contribution is -2.35. The van der Waals surface area contributed by atoms with Gasteiger partial charge < -0.3 is 5.32 Å². The van der Waals surface area contributed by atoms with Gasteiger partial charge in [-0.2, -0.15) is 0 Å². The number of halogens is 1. The number of aromatic nitrogens is 1. The number of rotatable bonds is 3. The first-order valence-corrected chi connectivity index (χ1v) is 5.94. The molecule has 0 spiro atoms. The minimum Gasteiger partial charge on any atom is -0.304 e. The van der Waals surface area contributed by atoms with Crippen LogP contribution in [0.1, 0.15) is 37.1 Å². The van der Waals surface area contributed by atoms with E-state index in [4.69, 9.17) is 0 Å². The number of thiazole rings is 1. The van der Waals surface area contributed by atoms with E-state index < -0.39 is 6.17 Å². The van der Waals surface area contributed by atoms with Crippen molar-refractivity contribution in [3.63, 3.8) is 0 Å². The third-order valence-electron chi connectivity index (χ3n) is 2.77. The Hall–Kier alpha value is -0.480. The van der Waals surface area contributed by atoms with Crippen molar-refractivity contribution >= 4 is 11.3 Å². The zero-order chi connectivity index (χ0) is 9.97. The van der Waals surface area contributed by atoms with Gasteiger partial charge >= 0.3 is 0 Å². The van der Waals surface area contributed by atoms with E-state index in [0.29, 0.717) is 6.42 Å². The van der Waals surface area contributed by atoms with E-state index in [1.165, 1.54) is 4.88 Å². The van der Waals surface area contributed by atoms with E-state index >= 15 is 0 Å². The highest BCUT2D eigenvalue weighted by Gasteiger charge is 2.28. The molecule has 0 amide bonds. The van der Waals surface area contributed by atoms with Crippen LogP contribution in [-0.4, -0.2) is 17.2 Å². The smallest absolute Gasteiger partial charge is 0.115 e. The van der Waals surface area contributed by atoms with Crippen molar-refractivity contribution in [2.24, 2.45) is 0 Å². The number of hydrogen-bond acceptors (Lipinski definition) is 3. The van der Waals surface area contributed by atoms with Gasteiger partial charge in [-0.25, -0.2) is 4.39 Å². The number of alkyl halides is 1. The molecule has 2 rings (SSSR count). The third kappa shape index (κ3) is 2.12. The Morgan fingerprint density at radius 1 is 1.64 bits per heavy atom. The standard InChI is InChI=1S/C10H15FN2S/c1-7(10-5-12-6-14-10)13-9-4-2-3-8(9)11/h5-9,13H,2-4H2,1H3/t7?,8-,9+/m0/s1. The largest absolute Gasteiger partial charge is 0.304 e. The van der Waals surface area contributed by atoms with Crippen molar-refractivity contribution in [1.29, 1.82) is 0 Å². The summed E-state index contributed by atoms with van der Waals surface area (Å²) in [6.07, 6.45) is 3.88. The van der Waals surface area contributed by atoms with Crippen LogP contribution in [0, 0.1) is 0 Å². The van der Waals surface area contributed by atoms with Crippen LogP contribution in [0.25, 0.3) is 0 Å². The summed E-state index contributed by atoms with van der Waals surface area (Å²) in [5.41, 5.74) is 1.81. The summed E-state index contributed by atoms with van der Waals surface area (Å²) in [6.45, 7) is 2.07. The lowest BCUT2D eigenvalue weighted by Gasteiger charge is -2.19. The van der Waals surface area contributed by atoms with Crippen LogP contribution >= 0.6 is 11.3 Å². The zero-order valence-electron chi connectivity index (χ0n) is 8.24. The average Bonchev–Trinajstić information content (AvgIpc) is 2.77. The SMILES string of the molecule is CC(N[C@@H]1CCC[C@@H]1F)c1cncs1. The highest BCUT2D eigenvalue weighted by molar-refractivity contribution is 7.09. The van der Waals surface area contributed by atoms with Gasteiger partial charge in [0.05, 0.1) is 5.51 Å². The lowest BCUT2D eigenvalue weighted by molar-refractivity contribution is 0.268. The Kier molecular flexibility index (Phi) is 3.13. The van der Waals surface area contributed by atoms with Crippen molar-refractivity contribution in [3.05, 3.63) is 16.6 Å². The summed E-state index contributed by atoms with van der Waals surface area (Å²) in [7, 11) is 0. The number of hydrogen-bond donors (Lipinski definition) is 1. The van der Waals surface area contributed by atoms with Crippen LogP contribution in [0.5, 0.6) is 0 Å². The van der Waals surface area contributed by atoms with Gasteiger partial charge in [0.25, 0.3) is 0 Å². The van der Waals surface area contributed by atoms with Crippen LogP contribution in [0.15, 0.2) is 11.7 Å². The summed E-state index contributed by atoms with van der Waals surface area (Å²) >= 11 is 1.62. The predicted octanol–water partition coefficient (Wildman–Crippen LogP) is 2.68. The van der Waals surface area contributed by atoms with Crippen molar-refractivity contribution in [2.45, 2.75) is 44.4 Å². The highest BCUT2D eigenvalue weighted by Crippen LogP contribution is 2.25. The molecule has 1 aliphatic rings. The van der Waals surface area contributed by atoms with Gasteiger partial charge in [-0.05, 0) is 26.2 Å². The molecule has 1 aliphatic carbocycles. The van der Waals surface area contributed by atoms with Crippen LogP contribution in [0.4, 0.5) is 4.39 Å². The molecule has 0 saturated heterocycles. The first kappa shape index (κ1) is 10.1. The van der Waals surface area contributed by atoms with Gasteiger partial charge in [-0.15, -0.1) is 11.3 Å². The van der Waals surface area contributed by atoms with E-state index in [-0.39, 0.29) is 12.1 Å². The lowest BCUT2D eigenvalue weighted by atomic mass is 10.2. The quantitative estimate of drug-likeness (QED) is 0.836. The summed E-state index contributed by atoms with van der Waals surface area (Å²) in [6, 6.07) is 0.274. The average molecular weight is 214 g/mol. The van der Waals surface area contributed by atoms with Crippen molar-refractivity contribution < 1.29 is 4.39 Å². The summed E-state index contributed by atoms with van der Waals surface area (Å²) < 4.78 is 13.3. The second kappa shape index (κ2) is 4.36. The molecule has 3 atom stereocenters. The number of nitrogens with zero attached hydrogens (tertiary/aromatic N) is 1. The first-order valence-electron chi connectivity index (χ1n) is 5.06. The van der Waals surface area contributed by atoms with E-state index in [1.807, 2.05) is 11.7 Å². The van der Waals surface area contributed by atoms with Gasteiger partial charge in [0, 0.05) is 23.2 Å². The van der Waals surface area contributed by atoms with Crippen molar-refractivity contribution in [2.75, 3.05) is 0 Å². The maximum Gasteiger partial charge on any atom is 0.115 e. The van der Waals surface area contributed by atoms with Gasteiger partial charge in [0.1, 0.15) is 6.17 Å². The third-order valence-corrected chi connectivity index (χ3v) is 3.73. The molecule has 1 unspecified atom stereocenters. The molecule has 14 heavy (non-hydrogen) atoms. The van der Waals surface area contributed by atoms with E-state index in [0.717, 1.165) is 12.8 Å². The Morgan fingerprint density at radius 3 is 3.07 bits per heavy atom. The maximum absolute atomic E-state index is 13.3. The van der Waals surface area contributed by atoms with Gasteiger partial charge in [-0.3, -0.25) is 4.98 Å². The molecular weight excluding hydrogens is 199 g/mol. The van der Waals surface area contributed by atoms with Crippen LogP contribution in [0.2, 0.25) is 0 Å². The molecule has 0 aromatic carbocycles. The van der Waals surface area contributed by atoms with Crippen LogP contribution < -0.4 is 5.32 Å². The second-order valence-corrected chi connectivity index (χ2v) is 4.76. The molecular formula is C10H15FN2S. The first-order chi connectivity index (χ1) is 6.77. The van der Waals surface area contributed by atoms with Gasteiger partial charge in [-0.1, -0.05) is 0 Å². The highest BCUT2D eigenvalue weighted by atomic mass is 32.1. The second-order valence-electron chi connectivity index (χ2n) is 3.85. The van der Waals surface area contributed by atoms with Gasteiger partial charge in [0.15, 0.2) is 0 Å². The van der Waals surface area contributed by atoms with Crippen LogP contribution in [-0.2, 0) is 0 Å². The predicted molar refractivity (Wildman–Crippen MR) is 56.2 cm³/mol. The molecule has 0 aliphatic heterocycles. The molecule has 1 aromatic rings. The molecule has 4 heteroatoms. The summed E-state index contributed by atoms with van der Waals surface area (Å²) in [5.74, 6) is 0. The van der Waals surface area contributed by atoms with E-state index in [9.17, 15) is 4.39 Å². The molecule has 2 nitrogen and oxygen atoms in total. The molecule has 78 valence electrons. The Morgan fingerprint density at radius 2 is 2.50 bits per heavy atom. The Labute approximate surface area is 87.6 Å². The fourth-order valence-corrected chi connectivity index (χ4v) is 2.58. The van der Waals surface area contributed by atoms with E-state index in [1.54, 1.807) is 11.3 Å². The minimum atomic E-state index is -0.662. The van der Waals surface area contributed by atoms with E-state index in [2.05, 4.69) is 17.2 Å². The molecule has 1 fully saturated rings. The summed E-state index contributed by atoms with van der Waals surface area (Å²) in [5, 5.41) is 3.33. The number of nitrogens with one attached hydrogen (secondary N) is 1. The summed E-state index contributed by atoms with van der Waals surface area (Å²) in [4.78, 5) is 5.21. The minimum absolute atomic E-state index is 0.0482. The Bertz CT molecular complexity index is 276. The molecule has 0 radical (unpaired) electrons. The fraction of sp³-hybridized carbons (Fsp3) is 0.700. The topological polar surface area (TPSA) is 24.9 Å². The zero-order valence-corrected chi connectivity index (χ0v) is 9.06. The molecule has 1 aromatic heterocycles. The van der Waals surface area contributed by atoms with Crippen molar-refractivity contribution in [1.82, 2.24) is 10.3 Å². The fourth-order valence-electron chi connectivity index (χ4n) is 1.95. The van der Waals surface area contributed by atoms with Crippen LogP contribution in [0.3, 0.4) is 0 Å².